The van der Waals surface area contributed by atoms with E-state index in [9.17, 15) is 8.78 Å². The molecule has 1 rings (SSSR count). The largest absolute Gasteiger partial charge is 0.323 e. The van der Waals surface area contributed by atoms with Crippen LogP contribution in [0.3, 0.4) is 0 Å². The Kier molecular flexibility index (Phi) is 3.12. The van der Waals surface area contributed by atoms with E-state index >= 15 is 0 Å². The molecule has 1 nitrogen and oxygen atoms in total. The second-order valence-corrected chi connectivity index (χ2v) is 4.23. The maximum atomic E-state index is 13.7. The van der Waals surface area contributed by atoms with Gasteiger partial charge in [0.15, 0.2) is 0 Å². The van der Waals surface area contributed by atoms with Crippen LogP contribution in [0.4, 0.5) is 8.78 Å². The minimum absolute atomic E-state index is 0.0658. The van der Waals surface area contributed by atoms with Crippen LogP contribution < -0.4 is 5.73 Å². The van der Waals surface area contributed by atoms with Gasteiger partial charge in [-0.15, -0.1) is 0 Å². The Labute approximate surface area is 86.9 Å². The summed E-state index contributed by atoms with van der Waals surface area (Å²) < 4.78 is 27.0. The molecule has 0 aliphatic carbocycles. The van der Waals surface area contributed by atoms with Crippen LogP contribution in [0.2, 0.25) is 5.02 Å². The predicted octanol–water partition coefficient (Wildman–Crippen LogP) is 3.23. The van der Waals surface area contributed by atoms with Gasteiger partial charge in [-0.3, -0.25) is 0 Å². The molecule has 78 valence electrons. The first-order chi connectivity index (χ1) is 6.34. The van der Waals surface area contributed by atoms with E-state index in [4.69, 9.17) is 17.3 Å². The molecule has 0 aliphatic rings. The summed E-state index contributed by atoms with van der Waals surface area (Å²) in [5.41, 5.74) is 4.24. The van der Waals surface area contributed by atoms with E-state index in [-0.39, 0.29) is 10.6 Å². The number of hydrogen-bond donors (Lipinski definition) is 1. The van der Waals surface area contributed by atoms with Crippen molar-refractivity contribution >= 4 is 11.6 Å². The molecule has 0 fully saturated rings. The smallest absolute Gasteiger partial charge is 0.147 e. The van der Waals surface area contributed by atoms with E-state index in [0.717, 1.165) is 0 Å². The van der Waals surface area contributed by atoms with E-state index < -0.39 is 17.5 Å². The Hall–Kier alpha value is -0.670. The molecule has 0 amide bonds. The SMILES string of the molecule is CC(C)(N)C(F)c1c(F)cccc1Cl. The number of nitrogens with two attached hydrogens (primary N) is 1. The highest BCUT2D eigenvalue weighted by Gasteiger charge is 2.30. The van der Waals surface area contributed by atoms with Gasteiger partial charge in [-0.05, 0) is 26.0 Å². The lowest BCUT2D eigenvalue weighted by Crippen LogP contribution is -2.37. The summed E-state index contributed by atoms with van der Waals surface area (Å²) in [5.74, 6) is -0.663. The maximum absolute atomic E-state index is 13.7. The highest BCUT2D eigenvalue weighted by Crippen LogP contribution is 2.34. The van der Waals surface area contributed by atoms with Crippen LogP contribution in [0, 0.1) is 5.82 Å². The third kappa shape index (κ3) is 2.22. The van der Waals surface area contributed by atoms with E-state index in [2.05, 4.69) is 0 Å². The van der Waals surface area contributed by atoms with Crippen molar-refractivity contribution in [2.75, 3.05) is 0 Å². The van der Waals surface area contributed by atoms with Crippen molar-refractivity contribution in [2.24, 2.45) is 5.73 Å². The lowest BCUT2D eigenvalue weighted by molar-refractivity contribution is 0.217. The molecule has 0 aliphatic heterocycles. The first kappa shape index (κ1) is 11.4. The summed E-state index contributed by atoms with van der Waals surface area (Å²) in [4.78, 5) is 0. The third-order valence-corrected chi connectivity index (χ3v) is 2.24. The number of hydrogen-bond acceptors (Lipinski definition) is 1. The van der Waals surface area contributed by atoms with Gasteiger partial charge in [0.25, 0.3) is 0 Å². The van der Waals surface area contributed by atoms with Crippen molar-refractivity contribution < 1.29 is 8.78 Å². The normalized spacial score (nSPS) is 14.1. The zero-order chi connectivity index (χ0) is 10.9. The molecule has 4 heteroatoms. The van der Waals surface area contributed by atoms with Crippen molar-refractivity contribution in [1.82, 2.24) is 0 Å². The van der Waals surface area contributed by atoms with E-state index in [1.54, 1.807) is 0 Å². The topological polar surface area (TPSA) is 26.0 Å². The van der Waals surface area contributed by atoms with Crippen LogP contribution in [-0.2, 0) is 0 Å². The second kappa shape index (κ2) is 3.83. The minimum Gasteiger partial charge on any atom is -0.323 e. The van der Waals surface area contributed by atoms with Gasteiger partial charge >= 0.3 is 0 Å². The van der Waals surface area contributed by atoms with Crippen LogP contribution in [-0.4, -0.2) is 5.54 Å². The molecular weight excluding hydrogens is 208 g/mol. The quantitative estimate of drug-likeness (QED) is 0.812. The molecule has 0 bridgehead atoms. The van der Waals surface area contributed by atoms with Crippen molar-refractivity contribution in [1.29, 1.82) is 0 Å². The van der Waals surface area contributed by atoms with Crippen LogP contribution in [0.5, 0.6) is 0 Å². The van der Waals surface area contributed by atoms with Crippen LogP contribution in [0.15, 0.2) is 18.2 Å². The van der Waals surface area contributed by atoms with Crippen LogP contribution in [0.1, 0.15) is 25.6 Å². The molecular formula is C10H12ClF2N. The standard InChI is InChI=1S/C10H12ClF2N/c1-10(2,14)9(13)8-6(11)4-3-5-7(8)12/h3-5,9H,14H2,1-2H3. The lowest BCUT2D eigenvalue weighted by Gasteiger charge is -2.24. The number of benzene rings is 1. The first-order valence-electron chi connectivity index (χ1n) is 4.21. The number of rotatable bonds is 2. The molecule has 1 atom stereocenters. The number of halogens is 3. The van der Waals surface area contributed by atoms with Crippen molar-refractivity contribution in [2.45, 2.75) is 25.6 Å². The molecule has 1 aromatic rings. The van der Waals surface area contributed by atoms with Gasteiger partial charge in [-0.2, -0.15) is 0 Å². The number of alkyl halides is 1. The lowest BCUT2D eigenvalue weighted by atomic mass is 9.93. The molecule has 0 saturated carbocycles. The van der Waals surface area contributed by atoms with E-state index in [1.807, 2.05) is 0 Å². The molecule has 1 aromatic carbocycles. The fourth-order valence-corrected chi connectivity index (χ4v) is 1.38. The summed E-state index contributed by atoms with van der Waals surface area (Å²) in [6.45, 7) is 2.97. The molecule has 0 radical (unpaired) electrons. The Morgan fingerprint density at radius 3 is 2.43 bits per heavy atom. The van der Waals surface area contributed by atoms with Crippen molar-refractivity contribution in [3.8, 4) is 0 Å². The van der Waals surface area contributed by atoms with Gasteiger partial charge < -0.3 is 5.73 Å². The Morgan fingerprint density at radius 2 is 2.00 bits per heavy atom. The molecule has 2 N–H and O–H groups in total. The Morgan fingerprint density at radius 1 is 1.43 bits per heavy atom. The van der Waals surface area contributed by atoms with Gasteiger partial charge in [0, 0.05) is 16.1 Å². The summed E-state index contributed by atoms with van der Waals surface area (Å²) in [7, 11) is 0. The Balaban J connectivity index is 3.19. The summed E-state index contributed by atoms with van der Waals surface area (Å²) in [5, 5.41) is 0.0658. The zero-order valence-corrected chi connectivity index (χ0v) is 8.78. The Bertz CT molecular complexity index is 313. The van der Waals surface area contributed by atoms with E-state index in [1.165, 1.54) is 32.0 Å². The molecule has 0 spiro atoms. The minimum atomic E-state index is -1.61. The van der Waals surface area contributed by atoms with Gasteiger partial charge in [-0.1, -0.05) is 17.7 Å². The zero-order valence-electron chi connectivity index (χ0n) is 8.02. The van der Waals surface area contributed by atoms with Crippen molar-refractivity contribution in [3.63, 3.8) is 0 Å². The van der Waals surface area contributed by atoms with Crippen LogP contribution >= 0.6 is 11.6 Å². The molecule has 0 saturated heterocycles. The fourth-order valence-electron chi connectivity index (χ4n) is 1.12. The average Bonchev–Trinajstić information content (AvgIpc) is 2.01. The third-order valence-electron chi connectivity index (χ3n) is 1.91. The first-order valence-corrected chi connectivity index (χ1v) is 4.58. The summed E-state index contributed by atoms with van der Waals surface area (Å²) in [6.07, 6.45) is -1.61. The van der Waals surface area contributed by atoms with Gasteiger partial charge in [-0.25, -0.2) is 8.78 Å². The van der Waals surface area contributed by atoms with Crippen molar-refractivity contribution in [3.05, 3.63) is 34.6 Å². The van der Waals surface area contributed by atoms with Gasteiger partial charge in [0.1, 0.15) is 12.0 Å². The second-order valence-electron chi connectivity index (χ2n) is 3.82. The predicted molar refractivity (Wildman–Crippen MR) is 53.5 cm³/mol. The molecule has 0 aromatic heterocycles. The van der Waals surface area contributed by atoms with E-state index in [0.29, 0.717) is 0 Å². The highest BCUT2D eigenvalue weighted by molar-refractivity contribution is 6.31. The fraction of sp³-hybridized carbons (Fsp3) is 0.400. The average molecular weight is 220 g/mol. The highest BCUT2D eigenvalue weighted by atomic mass is 35.5. The maximum Gasteiger partial charge on any atom is 0.147 e. The van der Waals surface area contributed by atoms with Crippen LogP contribution in [0.25, 0.3) is 0 Å². The molecule has 1 unspecified atom stereocenters. The molecule has 0 heterocycles. The molecule has 14 heavy (non-hydrogen) atoms. The van der Waals surface area contributed by atoms with Gasteiger partial charge in [0.2, 0.25) is 0 Å². The van der Waals surface area contributed by atoms with Gasteiger partial charge in [0.05, 0.1) is 0 Å². The summed E-state index contributed by atoms with van der Waals surface area (Å²) in [6, 6.07) is 4.04. The summed E-state index contributed by atoms with van der Waals surface area (Å²) >= 11 is 5.69. The monoisotopic (exact) mass is 219 g/mol.